The minimum absolute atomic E-state index is 0.0930. The molecule has 4 N–H and O–H groups in total. The van der Waals surface area contributed by atoms with Gasteiger partial charge in [-0.15, -0.1) is 0 Å². The van der Waals surface area contributed by atoms with E-state index in [1.54, 1.807) is 0 Å². The summed E-state index contributed by atoms with van der Waals surface area (Å²) >= 11 is 0. The molecule has 1 atom stereocenters. The highest BCUT2D eigenvalue weighted by atomic mass is 16.4. The molecule has 1 fully saturated rings. The van der Waals surface area contributed by atoms with E-state index < -0.39 is 11.4 Å². The molecule has 0 saturated heterocycles. The molecule has 0 aliphatic heterocycles. The van der Waals surface area contributed by atoms with E-state index in [1.807, 2.05) is 91.0 Å². The quantitative estimate of drug-likeness (QED) is 0.249. The molecule has 7 nitrogen and oxygen atoms in total. The number of aliphatic carboxylic acids is 1. The number of nitrogens with zero attached hydrogens (tertiary/aromatic N) is 2. The second-order valence-electron chi connectivity index (χ2n) is 9.06. The number of hydrogen-bond acceptors (Lipinski definition) is 6. The first-order valence-electron chi connectivity index (χ1n) is 12.1. The van der Waals surface area contributed by atoms with Crippen molar-refractivity contribution >= 4 is 23.4 Å². The lowest BCUT2D eigenvalue weighted by molar-refractivity contribution is -0.147. The molecule has 0 spiro atoms. The fraction of sp³-hybridized carbons (Fsp3) is 0.207. The number of benzene rings is 3. The third-order valence-electron chi connectivity index (χ3n) is 6.81. The minimum atomic E-state index is -0.768. The van der Waals surface area contributed by atoms with Gasteiger partial charge in [-0.1, -0.05) is 79.2 Å². The molecule has 1 heterocycles. The molecular formula is C29H28N4O3. The van der Waals surface area contributed by atoms with Gasteiger partial charge < -0.3 is 20.8 Å². The normalized spacial score (nSPS) is 14.9. The summed E-state index contributed by atoms with van der Waals surface area (Å²) in [6, 6.07) is 28.5. The van der Waals surface area contributed by atoms with Crippen LogP contribution in [0.3, 0.4) is 0 Å². The van der Waals surface area contributed by atoms with Crippen molar-refractivity contribution in [1.29, 1.82) is 0 Å². The van der Waals surface area contributed by atoms with Gasteiger partial charge in [0.1, 0.15) is 5.82 Å². The van der Waals surface area contributed by atoms with Gasteiger partial charge in [-0.3, -0.25) is 4.79 Å². The van der Waals surface area contributed by atoms with E-state index in [9.17, 15) is 15.0 Å². The summed E-state index contributed by atoms with van der Waals surface area (Å²) in [5.41, 5.74) is 3.44. The summed E-state index contributed by atoms with van der Waals surface area (Å²) in [7, 11) is 0. The highest BCUT2D eigenvalue weighted by Gasteiger charge is 2.45. The molecule has 0 bridgehead atoms. The molecule has 3 aromatic carbocycles. The fourth-order valence-corrected chi connectivity index (χ4v) is 4.59. The molecule has 4 aromatic rings. The van der Waals surface area contributed by atoms with Crippen molar-refractivity contribution in [2.45, 2.75) is 30.7 Å². The lowest BCUT2D eigenvalue weighted by Gasteiger charge is -2.38. The minimum Gasteiger partial charge on any atom is -0.481 e. The number of carbonyl (C=O) groups is 1. The number of carboxylic acid groups (broad SMARTS) is 1. The summed E-state index contributed by atoms with van der Waals surface area (Å²) in [5.74, 6) is 0.207. The van der Waals surface area contributed by atoms with Gasteiger partial charge in [-0.2, -0.15) is 4.98 Å². The number of hydrogen-bond donors (Lipinski definition) is 4. The van der Waals surface area contributed by atoms with Crippen LogP contribution in [-0.2, 0) is 10.2 Å². The Hall–Kier alpha value is -4.23. The molecule has 1 aromatic heterocycles. The van der Waals surface area contributed by atoms with Crippen LogP contribution in [0.5, 0.6) is 0 Å². The number of nitrogens with one attached hydrogen (secondary N) is 2. The van der Waals surface area contributed by atoms with E-state index in [1.165, 1.54) is 0 Å². The highest BCUT2D eigenvalue weighted by molar-refractivity contribution is 5.82. The maximum atomic E-state index is 11.8. The van der Waals surface area contributed by atoms with Crippen molar-refractivity contribution in [3.63, 3.8) is 0 Å². The number of aromatic nitrogens is 2. The fourth-order valence-electron chi connectivity index (χ4n) is 4.59. The first-order valence-corrected chi connectivity index (χ1v) is 12.1. The maximum absolute atomic E-state index is 11.8. The zero-order chi connectivity index (χ0) is 25.0. The van der Waals surface area contributed by atoms with Crippen LogP contribution < -0.4 is 10.6 Å². The molecule has 7 heteroatoms. The van der Waals surface area contributed by atoms with Crippen LogP contribution in [0.4, 0.5) is 17.5 Å². The van der Waals surface area contributed by atoms with Crippen LogP contribution in [-0.4, -0.2) is 32.8 Å². The van der Waals surface area contributed by atoms with Crippen LogP contribution in [0, 0.1) is 0 Å². The van der Waals surface area contributed by atoms with Gasteiger partial charge in [-0.25, -0.2) is 4.98 Å². The Kier molecular flexibility index (Phi) is 6.64. The Balaban J connectivity index is 1.44. The lowest BCUT2D eigenvalue weighted by Crippen LogP contribution is -2.42. The Morgan fingerprint density at radius 3 is 2.17 bits per heavy atom. The van der Waals surface area contributed by atoms with Crippen molar-refractivity contribution < 1.29 is 15.0 Å². The molecule has 5 rings (SSSR count). The van der Waals surface area contributed by atoms with Gasteiger partial charge in [0.05, 0.1) is 23.8 Å². The number of rotatable bonds is 9. The third-order valence-corrected chi connectivity index (χ3v) is 6.81. The Bertz CT molecular complexity index is 1320. The van der Waals surface area contributed by atoms with Crippen molar-refractivity contribution in [3.8, 4) is 11.3 Å². The highest BCUT2D eigenvalue weighted by Crippen LogP contribution is 2.44. The number of aliphatic hydroxyl groups is 1. The smallest absolute Gasteiger partial charge is 0.314 e. The molecule has 1 aliphatic carbocycles. The Labute approximate surface area is 209 Å². The van der Waals surface area contributed by atoms with Gasteiger partial charge in [0.25, 0.3) is 0 Å². The van der Waals surface area contributed by atoms with E-state index >= 15 is 0 Å². The Morgan fingerprint density at radius 1 is 0.917 bits per heavy atom. The average Bonchev–Trinajstić information content (AvgIpc) is 2.88. The summed E-state index contributed by atoms with van der Waals surface area (Å²) in [6.45, 7) is -0.0930. The molecule has 0 unspecified atom stereocenters. The zero-order valence-electron chi connectivity index (χ0n) is 19.8. The van der Waals surface area contributed by atoms with Crippen LogP contribution in [0.2, 0.25) is 0 Å². The third kappa shape index (κ3) is 4.78. The summed E-state index contributed by atoms with van der Waals surface area (Å²) in [5, 5.41) is 26.3. The van der Waals surface area contributed by atoms with Crippen molar-refractivity contribution in [2.24, 2.45) is 0 Å². The van der Waals surface area contributed by atoms with Gasteiger partial charge in [0, 0.05) is 17.3 Å². The van der Waals surface area contributed by atoms with Crippen molar-refractivity contribution in [2.75, 3.05) is 17.2 Å². The van der Waals surface area contributed by atoms with E-state index in [4.69, 9.17) is 4.98 Å². The van der Waals surface area contributed by atoms with Crippen molar-refractivity contribution in [3.05, 3.63) is 102 Å². The van der Waals surface area contributed by atoms with Crippen LogP contribution in [0.15, 0.2) is 91.0 Å². The second kappa shape index (κ2) is 10.2. The topological polar surface area (TPSA) is 107 Å². The second-order valence-corrected chi connectivity index (χ2v) is 9.06. The van der Waals surface area contributed by atoms with E-state index in [-0.39, 0.29) is 12.6 Å². The van der Waals surface area contributed by atoms with Crippen LogP contribution >= 0.6 is 0 Å². The molecule has 1 aliphatic rings. The Morgan fingerprint density at radius 2 is 1.58 bits per heavy atom. The molecule has 1 saturated carbocycles. The first-order chi connectivity index (χ1) is 17.6. The average molecular weight is 481 g/mol. The molecule has 36 heavy (non-hydrogen) atoms. The molecule has 182 valence electrons. The maximum Gasteiger partial charge on any atom is 0.314 e. The van der Waals surface area contributed by atoms with Gasteiger partial charge in [0.2, 0.25) is 5.95 Å². The molecule has 0 amide bonds. The largest absolute Gasteiger partial charge is 0.481 e. The van der Waals surface area contributed by atoms with Gasteiger partial charge >= 0.3 is 5.97 Å². The summed E-state index contributed by atoms with van der Waals surface area (Å²) in [4.78, 5) is 21.2. The van der Waals surface area contributed by atoms with Crippen LogP contribution in [0.1, 0.15) is 36.4 Å². The monoisotopic (exact) mass is 480 g/mol. The first kappa shape index (κ1) is 23.5. The van der Waals surface area contributed by atoms with E-state index in [0.29, 0.717) is 24.6 Å². The SMILES string of the molecule is O=C(O)C1(c2ccc(Nc3nc(N[C@H](CO)c4ccccc4)cc(-c4ccccc4)n3)cc2)CCC1. The van der Waals surface area contributed by atoms with E-state index in [0.717, 1.165) is 34.5 Å². The number of anilines is 3. The van der Waals surface area contributed by atoms with Gasteiger partial charge in [0.15, 0.2) is 0 Å². The number of carboxylic acids is 1. The summed E-state index contributed by atoms with van der Waals surface area (Å²) < 4.78 is 0. The molecule has 0 radical (unpaired) electrons. The lowest BCUT2D eigenvalue weighted by atomic mass is 9.64. The summed E-state index contributed by atoms with van der Waals surface area (Å²) in [6.07, 6.45) is 2.26. The predicted octanol–water partition coefficient (Wildman–Crippen LogP) is 5.54. The van der Waals surface area contributed by atoms with Crippen LogP contribution in [0.25, 0.3) is 11.3 Å². The number of aliphatic hydroxyl groups excluding tert-OH is 1. The van der Waals surface area contributed by atoms with Crippen molar-refractivity contribution in [1.82, 2.24) is 9.97 Å². The van der Waals surface area contributed by atoms with E-state index in [2.05, 4.69) is 15.6 Å². The van der Waals surface area contributed by atoms with Gasteiger partial charge in [-0.05, 0) is 36.1 Å². The molecular weight excluding hydrogens is 452 g/mol. The standard InChI is InChI=1S/C29H28N4O3/c34-19-25(21-10-5-2-6-11-21)31-26-18-24(20-8-3-1-4-9-20)32-28(33-26)30-23-14-12-22(13-15-23)29(27(35)36)16-7-17-29/h1-6,8-15,18,25,34H,7,16-17,19H2,(H,35,36)(H2,30,31,32,33)/t25-/m1/s1. The predicted molar refractivity (Wildman–Crippen MR) is 140 cm³/mol. The zero-order valence-corrected chi connectivity index (χ0v) is 19.8.